The van der Waals surface area contributed by atoms with Crippen LogP contribution in [0.2, 0.25) is 0 Å². The van der Waals surface area contributed by atoms with Gasteiger partial charge in [-0.3, -0.25) is 14.5 Å². The van der Waals surface area contributed by atoms with E-state index in [0.29, 0.717) is 29.5 Å². The molecule has 1 N–H and O–H groups in total. The minimum absolute atomic E-state index is 0.00205. The van der Waals surface area contributed by atoms with Crippen LogP contribution < -0.4 is 10.1 Å². The quantitative estimate of drug-likeness (QED) is 0.828. The highest BCUT2D eigenvalue weighted by Gasteiger charge is 2.23. The highest BCUT2D eigenvalue weighted by atomic mass is 16.5. The van der Waals surface area contributed by atoms with Crippen LogP contribution >= 0.6 is 0 Å². The number of carbonyl (C=O) groups excluding carboxylic acids is 2. The van der Waals surface area contributed by atoms with Crippen LogP contribution in [0.5, 0.6) is 5.75 Å². The molecular weight excluding hydrogens is 340 g/mol. The smallest absolute Gasteiger partial charge is 0.262 e. The van der Waals surface area contributed by atoms with Crippen molar-refractivity contribution in [3.8, 4) is 5.75 Å². The summed E-state index contributed by atoms with van der Waals surface area (Å²) < 4.78 is 5.42. The van der Waals surface area contributed by atoms with Crippen LogP contribution in [0.1, 0.15) is 28.8 Å². The molecule has 1 atom stereocenters. The number of ketones is 1. The van der Waals surface area contributed by atoms with Crippen LogP contribution in [0.15, 0.2) is 48.5 Å². The Morgan fingerprint density at radius 3 is 2.89 bits per heavy atom. The van der Waals surface area contributed by atoms with E-state index in [0.717, 1.165) is 25.9 Å². The summed E-state index contributed by atoms with van der Waals surface area (Å²) in [4.78, 5) is 26.4. The van der Waals surface area contributed by atoms with Gasteiger partial charge in [-0.15, -0.1) is 0 Å². The third kappa shape index (κ3) is 4.37. The normalized spacial score (nSPS) is 19.7. The Bertz CT molecular complexity index is 835. The lowest BCUT2D eigenvalue weighted by atomic mass is 9.91. The number of carbonyl (C=O) groups is 2. The van der Waals surface area contributed by atoms with Gasteiger partial charge in [0.05, 0.1) is 12.2 Å². The van der Waals surface area contributed by atoms with Gasteiger partial charge in [0.2, 0.25) is 0 Å². The van der Waals surface area contributed by atoms with E-state index in [-0.39, 0.29) is 18.3 Å². The molecule has 1 unspecified atom stereocenters. The fourth-order valence-corrected chi connectivity index (χ4v) is 3.95. The van der Waals surface area contributed by atoms with Crippen molar-refractivity contribution < 1.29 is 14.3 Å². The number of benzene rings is 2. The lowest BCUT2D eigenvalue weighted by molar-refractivity contribution is -0.118. The molecule has 2 aromatic carbocycles. The second-order valence-electron chi connectivity index (χ2n) is 7.40. The van der Waals surface area contributed by atoms with E-state index in [4.69, 9.17) is 4.74 Å². The van der Waals surface area contributed by atoms with Gasteiger partial charge in [-0.2, -0.15) is 0 Å². The van der Waals surface area contributed by atoms with Crippen LogP contribution in [0.3, 0.4) is 0 Å². The summed E-state index contributed by atoms with van der Waals surface area (Å²) in [6.45, 7) is 2.35. The Kier molecular flexibility index (Phi) is 5.21. The fourth-order valence-electron chi connectivity index (χ4n) is 3.95. The van der Waals surface area contributed by atoms with Gasteiger partial charge in [0.15, 0.2) is 12.4 Å². The highest BCUT2D eigenvalue weighted by molar-refractivity contribution is 6.00. The summed E-state index contributed by atoms with van der Waals surface area (Å²) in [5.74, 6) is 1.09. The molecular formula is C22H24N2O3. The molecule has 140 valence electrons. The lowest BCUT2D eigenvalue weighted by Crippen LogP contribution is -2.39. The van der Waals surface area contributed by atoms with Crippen molar-refractivity contribution in [2.75, 3.05) is 31.6 Å². The van der Waals surface area contributed by atoms with Gasteiger partial charge in [0.25, 0.3) is 5.91 Å². The van der Waals surface area contributed by atoms with Gasteiger partial charge in [0.1, 0.15) is 5.75 Å². The third-order valence-corrected chi connectivity index (χ3v) is 5.27. The summed E-state index contributed by atoms with van der Waals surface area (Å²) in [6.07, 6.45) is 3.41. The highest BCUT2D eigenvalue weighted by Crippen LogP contribution is 2.29. The minimum atomic E-state index is -0.167. The average Bonchev–Trinajstić information content (AvgIpc) is 2.68. The first-order chi connectivity index (χ1) is 13.2. The molecule has 0 bridgehead atoms. The van der Waals surface area contributed by atoms with Crippen molar-refractivity contribution in [2.24, 2.45) is 5.92 Å². The molecule has 1 amide bonds. The van der Waals surface area contributed by atoms with Crippen LogP contribution in [0, 0.1) is 5.92 Å². The molecule has 1 saturated heterocycles. The van der Waals surface area contributed by atoms with Gasteiger partial charge >= 0.3 is 0 Å². The number of amides is 1. The van der Waals surface area contributed by atoms with Crippen LogP contribution in [0.25, 0.3) is 0 Å². The number of fused-ring (bicyclic) bond motifs is 1. The second kappa shape index (κ2) is 7.92. The number of ether oxygens (including phenoxy) is 1. The zero-order valence-electron chi connectivity index (χ0n) is 15.3. The Morgan fingerprint density at radius 2 is 2.04 bits per heavy atom. The standard InChI is InChI=1S/C22H24N2O3/c25-20(18-8-9-19-21(12-18)27-15-22(26)23-19)14-24-10-4-7-17(13-24)11-16-5-2-1-3-6-16/h1-3,5-6,8-9,12,17H,4,7,10-11,13-15H2,(H,23,26). The SMILES string of the molecule is O=C1COc2cc(C(=O)CN3CCCC(Cc4ccccc4)C3)ccc2N1. The van der Waals surface area contributed by atoms with E-state index < -0.39 is 0 Å². The molecule has 2 aliphatic rings. The Morgan fingerprint density at radius 1 is 1.19 bits per heavy atom. The molecule has 2 aliphatic heterocycles. The summed E-state index contributed by atoms with van der Waals surface area (Å²) in [7, 11) is 0. The van der Waals surface area contributed by atoms with E-state index in [1.54, 1.807) is 18.2 Å². The number of piperidine rings is 1. The Balaban J connectivity index is 1.37. The first-order valence-electron chi connectivity index (χ1n) is 9.53. The molecule has 0 saturated carbocycles. The monoisotopic (exact) mass is 364 g/mol. The molecule has 0 aromatic heterocycles. The van der Waals surface area contributed by atoms with Gasteiger partial charge < -0.3 is 10.1 Å². The summed E-state index contributed by atoms with van der Waals surface area (Å²) >= 11 is 0. The first kappa shape index (κ1) is 17.7. The van der Waals surface area contributed by atoms with Crippen molar-refractivity contribution in [3.63, 3.8) is 0 Å². The number of nitrogens with one attached hydrogen (secondary N) is 1. The van der Waals surface area contributed by atoms with Gasteiger partial charge in [0, 0.05) is 12.1 Å². The van der Waals surface area contributed by atoms with E-state index in [2.05, 4.69) is 34.5 Å². The number of likely N-dealkylation sites (tertiary alicyclic amines) is 1. The van der Waals surface area contributed by atoms with Crippen molar-refractivity contribution in [1.82, 2.24) is 4.90 Å². The summed E-state index contributed by atoms with van der Waals surface area (Å²) in [5, 5.41) is 2.75. The molecule has 2 aromatic rings. The number of Topliss-reactive ketones (excluding diaryl/α,β-unsaturated/α-hetero) is 1. The maximum absolute atomic E-state index is 12.7. The fraction of sp³-hybridized carbons (Fsp3) is 0.364. The van der Waals surface area contributed by atoms with E-state index in [1.165, 1.54) is 12.0 Å². The van der Waals surface area contributed by atoms with E-state index >= 15 is 0 Å². The van der Waals surface area contributed by atoms with Gasteiger partial charge in [-0.1, -0.05) is 30.3 Å². The topological polar surface area (TPSA) is 58.6 Å². The summed E-state index contributed by atoms with van der Waals surface area (Å²) in [6, 6.07) is 15.8. The number of hydrogen-bond acceptors (Lipinski definition) is 4. The molecule has 0 spiro atoms. The van der Waals surface area contributed by atoms with E-state index in [1.807, 2.05) is 6.07 Å². The number of nitrogens with zero attached hydrogens (tertiary/aromatic N) is 1. The maximum Gasteiger partial charge on any atom is 0.262 e. The largest absolute Gasteiger partial charge is 0.482 e. The molecule has 0 aliphatic carbocycles. The van der Waals surface area contributed by atoms with Crippen LogP contribution in [-0.2, 0) is 11.2 Å². The predicted octanol–water partition coefficient (Wildman–Crippen LogP) is 3.15. The zero-order chi connectivity index (χ0) is 18.6. The lowest BCUT2D eigenvalue weighted by Gasteiger charge is -2.32. The van der Waals surface area contributed by atoms with Crippen molar-refractivity contribution in [2.45, 2.75) is 19.3 Å². The molecule has 1 fully saturated rings. The third-order valence-electron chi connectivity index (χ3n) is 5.27. The molecule has 4 rings (SSSR count). The van der Waals surface area contributed by atoms with Gasteiger partial charge in [-0.05, 0) is 55.5 Å². The Hall–Kier alpha value is -2.66. The van der Waals surface area contributed by atoms with Crippen molar-refractivity contribution in [1.29, 1.82) is 0 Å². The molecule has 0 radical (unpaired) electrons. The second-order valence-corrected chi connectivity index (χ2v) is 7.40. The first-order valence-corrected chi connectivity index (χ1v) is 9.53. The predicted molar refractivity (Wildman–Crippen MR) is 104 cm³/mol. The summed E-state index contributed by atoms with van der Waals surface area (Å²) in [5.41, 5.74) is 2.63. The minimum Gasteiger partial charge on any atom is -0.482 e. The molecule has 2 heterocycles. The van der Waals surface area contributed by atoms with Crippen molar-refractivity contribution >= 4 is 17.4 Å². The van der Waals surface area contributed by atoms with Crippen LogP contribution in [0.4, 0.5) is 5.69 Å². The van der Waals surface area contributed by atoms with Crippen LogP contribution in [-0.4, -0.2) is 42.8 Å². The van der Waals surface area contributed by atoms with Gasteiger partial charge in [-0.25, -0.2) is 0 Å². The number of anilines is 1. The zero-order valence-corrected chi connectivity index (χ0v) is 15.3. The maximum atomic E-state index is 12.7. The molecule has 5 heteroatoms. The molecule has 5 nitrogen and oxygen atoms in total. The average molecular weight is 364 g/mol. The Labute approximate surface area is 159 Å². The van der Waals surface area contributed by atoms with E-state index in [9.17, 15) is 9.59 Å². The molecule has 27 heavy (non-hydrogen) atoms. The number of rotatable bonds is 5. The number of hydrogen-bond donors (Lipinski definition) is 1. The van der Waals surface area contributed by atoms with Crippen molar-refractivity contribution in [3.05, 3.63) is 59.7 Å².